The van der Waals surface area contributed by atoms with E-state index in [1.165, 1.54) is 11.3 Å². The molecule has 1 aromatic carbocycles. The second-order valence-corrected chi connectivity index (χ2v) is 5.31. The van der Waals surface area contributed by atoms with E-state index in [-0.39, 0.29) is 12.5 Å². The molecular formula is C14H15N3O3S. The first-order chi connectivity index (χ1) is 10.1. The zero-order valence-electron chi connectivity index (χ0n) is 11.5. The summed E-state index contributed by atoms with van der Waals surface area (Å²) in [6.45, 7) is 1.74. The van der Waals surface area contributed by atoms with E-state index in [4.69, 9.17) is 10.5 Å². The molecule has 0 aliphatic rings. The van der Waals surface area contributed by atoms with E-state index in [9.17, 15) is 9.59 Å². The fourth-order valence-corrected chi connectivity index (χ4v) is 2.37. The molecule has 6 nitrogen and oxygen atoms in total. The maximum atomic E-state index is 12.2. The average Bonchev–Trinajstić information content (AvgIpc) is 2.93. The highest BCUT2D eigenvalue weighted by Crippen LogP contribution is 2.22. The van der Waals surface area contributed by atoms with Crippen LogP contribution in [0.15, 0.2) is 30.5 Å². The van der Waals surface area contributed by atoms with Crippen LogP contribution in [0, 0.1) is 0 Å². The number of carbonyl (C=O) groups excluding carboxylic acids is 2. The Kier molecular flexibility index (Phi) is 4.89. The summed E-state index contributed by atoms with van der Waals surface area (Å²) in [6.07, 6.45) is 2.60. The van der Waals surface area contributed by atoms with Crippen LogP contribution in [0.4, 0.5) is 5.13 Å². The third-order valence-corrected chi connectivity index (χ3v) is 3.68. The minimum absolute atomic E-state index is 0.276. The minimum atomic E-state index is -0.599. The number of para-hydroxylation sites is 1. The molecule has 0 atom stereocenters. The number of nitrogens with one attached hydrogen (secondary N) is 1. The van der Waals surface area contributed by atoms with Gasteiger partial charge in [-0.15, -0.1) is 11.3 Å². The molecule has 0 saturated heterocycles. The first-order valence-corrected chi connectivity index (χ1v) is 7.18. The van der Waals surface area contributed by atoms with Crippen molar-refractivity contribution in [3.05, 3.63) is 40.9 Å². The van der Waals surface area contributed by atoms with Crippen LogP contribution < -0.4 is 15.8 Å². The zero-order chi connectivity index (χ0) is 15.2. The van der Waals surface area contributed by atoms with Gasteiger partial charge in [-0.3, -0.25) is 14.9 Å². The van der Waals surface area contributed by atoms with Gasteiger partial charge in [0.1, 0.15) is 5.75 Å². The number of ether oxygens (including phenoxy) is 1. The van der Waals surface area contributed by atoms with Crippen molar-refractivity contribution in [3.63, 3.8) is 0 Å². The van der Waals surface area contributed by atoms with Gasteiger partial charge in [0.2, 0.25) is 0 Å². The van der Waals surface area contributed by atoms with Crippen molar-refractivity contribution >= 4 is 28.3 Å². The molecular weight excluding hydrogens is 290 g/mol. The lowest BCUT2D eigenvalue weighted by Gasteiger charge is -2.09. The van der Waals surface area contributed by atoms with Gasteiger partial charge in [0.25, 0.3) is 11.8 Å². The quantitative estimate of drug-likeness (QED) is 0.851. The number of amides is 2. The third kappa shape index (κ3) is 4.03. The van der Waals surface area contributed by atoms with Gasteiger partial charge in [-0.1, -0.05) is 19.1 Å². The summed E-state index contributed by atoms with van der Waals surface area (Å²) in [5.41, 5.74) is 5.36. The van der Waals surface area contributed by atoms with Crippen LogP contribution in [0.1, 0.15) is 22.2 Å². The largest absolute Gasteiger partial charge is 0.483 e. The lowest BCUT2D eigenvalue weighted by molar-refractivity contribution is -0.119. The van der Waals surface area contributed by atoms with Crippen molar-refractivity contribution in [2.24, 2.45) is 5.73 Å². The number of carbonyl (C=O) groups is 2. The second-order valence-electron chi connectivity index (χ2n) is 4.19. The maximum Gasteiger partial charge on any atom is 0.261 e. The van der Waals surface area contributed by atoms with Crippen molar-refractivity contribution < 1.29 is 14.3 Å². The van der Waals surface area contributed by atoms with Crippen LogP contribution in [0.25, 0.3) is 0 Å². The van der Waals surface area contributed by atoms with Crippen molar-refractivity contribution in [2.75, 3.05) is 11.9 Å². The van der Waals surface area contributed by atoms with Crippen LogP contribution >= 0.6 is 11.3 Å². The number of anilines is 1. The van der Waals surface area contributed by atoms with E-state index in [0.717, 1.165) is 11.3 Å². The van der Waals surface area contributed by atoms with Crippen molar-refractivity contribution in [1.82, 2.24) is 4.98 Å². The lowest BCUT2D eigenvalue weighted by Crippen LogP contribution is -2.21. The highest BCUT2D eigenvalue weighted by atomic mass is 32.1. The Morgan fingerprint density at radius 1 is 1.38 bits per heavy atom. The molecule has 0 saturated carbocycles. The number of aromatic nitrogens is 1. The molecule has 0 bridgehead atoms. The van der Waals surface area contributed by atoms with Crippen molar-refractivity contribution in [2.45, 2.75) is 13.3 Å². The first-order valence-electron chi connectivity index (χ1n) is 6.36. The number of rotatable bonds is 6. The average molecular weight is 305 g/mol. The van der Waals surface area contributed by atoms with E-state index < -0.39 is 5.91 Å². The number of primary amides is 1. The predicted molar refractivity (Wildman–Crippen MR) is 80.6 cm³/mol. The van der Waals surface area contributed by atoms with E-state index in [2.05, 4.69) is 10.3 Å². The molecule has 3 N–H and O–H groups in total. The molecule has 1 heterocycles. The number of nitrogens with zero attached hydrogens (tertiary/aromatic N) is 1. The van der Waals surface area contributed by atoms with Crippen molar-refractivity contribution in [1.29, 1.82) is 0 Å². The summed E-state index contributed by atoms with van der Waals surface area (Å²) in [5, 5.41) is 3.24. The highest BCUT2D eigenvalue weighted by molar-refractivity contribution is 7.15. The number of hydrogen-bond acceptors (Lipinski definition) is 5. The van der Waals surface area contributed by atoms with Crippen LogP contribution in [0.5, 0.6) is 5.75 Å². The van der Waals surface area contributed by atoms with Gasteiger partial charge in [0, 0.05) is 11.1 Å². The molecule has 2 rings (SSSR count). The zero-order valence-corrected chi connectivity index (χ0v) is 12.3. The van der Waals surface area contributed by atoms with Gasteiger partial charge in [-0.05, 0) is 18.6 Å². The Labute approximate surface area is 125 Å². The summed E-state index contributed by atoms with van der Waals surface area (Å²) in [7, 11) is 0. The molecule has 0 fully saturated rings. The summed E-state index contributed by atoms with van der Waals surface area (Å²) >= 11 is 1.42. The van der Waals surface area contributed by atoms with Gasteiger partial charge >= 0.3 is 0 Å². The normalized spacial score (nSPS) is 10.1. The summed E-state index contributed by atoms with van der Waals surface area (Å²) in [5.74, 6) is -0.633. The SMILES string of the molecule is CCc1cnc(NC(=O)c2ccccc2OCC(N)=O)s1. The molecule has 2 aromatic rings. The Bertz CT molecular complexity index is 654. The Morgan fingerprint density at radius 3 is 2.81 bits per heavy atom. The van der Waals surface area contributed by atoms with Gasteiger partial charge in [0.05, 0.1) is 5.56 Å². The number of benzene rings is 1. The molecule has 110 valence electrons. The predicted octanol–water partition coefficient (Wildman–Crippen LogP) is 1.82. The van der Waals surface area contributed by atoms with Gasteiger partial charge in [-0.2, -0.15) is 0 Å². The van der Waals surface area contributed by atoms with Gasteiger partial charge in [0.15, 0.2) is 11.7 Å². The molecule has 0 spiro atoms. The number of aryl methyl sites for hydroxylation is 1. The maximum absolute atomic E-state index is 12.2. The Morgan fingerprint density at radius 2 is 2.14 bits per heavy atom. The molecule has 0 aliphatic carbocycles. The summed E-state index contributed by atoms with van der Waals surface area (Å²) in [6, 6.07) is 6.65. The fourth-order valence-electron chi connectivity index (χ4n) is 1.62. The van der Waals surface area contributed by atoms with E-state index in [0.29, 0.717) is 16.4 Å². The van der Waals surface area contributed by atoms with E-state index >= 15 is 0 Å². The standard InChI is InChI=1S/C14H15N3O3S/c1-2-9-7-16-14(21-9)17-13(19)10-5-3-4-6-11(10)20-8-12(15)18/h3-7H,2,8H2,1H3,(H2,15,18)(H,16,17,19). The van der Waals surface area contributed by atoms with Crippen LogP contribution in [-0.4, -0.2) is 23.4 Å². The molecule has 0 radical (unpaired) electrons. The molecule has 21 heavy (non-hydrogen) atoms. The fraction of sp³-hybridized carbons (Fsp3) is 0.214. The second kappa shape index (κ2) is 6.85. The molecule has 1 aromatic heterocycles. The molecule has 7 heteroatoms. The number of thiazole rings is 1. The van der Waals surface area contributed by atoms with Crippen LogP contribution in [0.3, 0.4) is 0 Å². The molecule has 0 aliphatic heterocycles. The molecule has 2 amide bonds. The number of nitrogens with two attached hydrogens (primary N) is 1. The smallest absolute Gasteiger partial charge is 0.261 e. The van der Waals surface area contributed by atoms with Crippen LogP contribution in [0.2, 0.25) is 0 Å². The minimum Gasteiger partial charge on any atom is -0.483 e. The lowest BCUT2D eigenvalue weighted by atomic mass is 10.2. The summed E-state index contributed by atoms with van der Waals surface area (Å²) < 4.78 is 5.23. The third-order valence-electron chi connectivity index (χ3n) is 2.62. The summed E-state index contributed by atoms with van der Waals surface area (Å²) in [4.78, 5) is 28.2. The highest BCUT2D eigenvalue weighted by Gasteiger charge is 2.14. The van der Waals surface area contributed by atoms with Gasteiger partial charge in [-0.25, -0.2) is 4.98 Å². The first kappa shape index (κ1) is 15.0. The Balaban J connectivity index is 2.12. The van der Waals surface area contributed by atoms with E-state index in [1.807, 2.05) is 6.92 Å². The van der Waals surface area contributed by atoms with Gasteiger partial charge < -0.3 is 10.5 Å². The Hall–Kier alpha value is -2.41. The van der Waals surface area contributed by atoms with Crippen molar-refractivity contribution in [3.8, 4) is 5.75 Å². The monoisotopic (exact) mass is 305 g/mol. The number of hydrogen-bond donors (Lipinski definition) is 2. The van der Waals surface area contributed by atoms with E-state index in [1.54, 1.807) is 30.5 Å². The molecule has 0 unspecified atom stereocenters. The topological polar surface area (TPSA) is 94.3 Å². The van der Waals surface area contributed by atoms with Crippen LogP contribution in [-0.2, 0) is 11.2 Å².